The fraction of sp³-hybridized carbons (Fsp3) is 0.174. The van der Waals surface area contributed by atoms with Gasteiger partial charge in [0.1, 0.15) is 24.1 Å². The number of aromatic nitrogens is 1. The zero-order valence-corrected chi connectivity index (χ0v) is 16.0. The van der Waals surface area contributed by atoms with E-state index in [1.54, 1.807) is 18.2 Å². The van der Waals surface area contributed by atoms with E-state index in [-0.39, 0.29) is 24.3 Å². The van der Waals surface area contributed by atoms with Crippen LogP contribution in [0.1, 0.15) is 22.4 Å². The fourth-order valence-corrected chi connectivity index (χ4v) is 3.65. The Labute approximate surface area is 172 Å². The van der Waals surface area contributed by atoms with E-state index in [1.807, 2.05) is 36.4 Å². The van der Waals surface area contributed by atoms with Crippen LogP contribution < -0.4 is 5.56 Å². The van der Waals surface area contributed by atoms with Crippen molar-refractivity contribution < 1.29 is 13.9 Å². The minimum Gasteiger partial charge on any atom is -0.445 e. The third kappa shape index (κ3) is 3.67. The van der Waals surface area contributed by atoms with Gasteiger partial charge >= 0.3 is 6.09 Å². The van der Waals surface area contributed by atoms with Crippen LogP contribution in [0.25, 0.3) is 11.1 Å². The number of halogens is 1. The Morgan fingerprint density at radius 3 is 2.63 bits per heavy atom. The maximum Gasteiger partial charge on any atom is 0.410 e. The summed E-state index contributed by atoms with van der Waals surface area (Å²) >= 11 is 0. The number of nitrogens with one attached hydrogen (secondary N) is 1. The second kappa shape index (κ2) is 8.21. The molecule has 0 spiro atoms. The van der Waals surface area contributed by atoms with Gasteiger partial charge in [-0.15, -0.1) is 0 Å². The van der Waals surface area contributed by atoms with E-state index in [9.17, 15) is 19.2 Å². The van der Waals surface area contributed by atoms with Crippen molar-refractivity contribution >= 4 is 6.09 Å². The number of fused-ring (bicyclic) bond motifs is 1. The number of hydrogen-bond acceptors (Lipinski definition) is 4. The topological polar surface area (TPSA) is 86.2 Å². The maximum absolute atomic E-state index is 14.5. The lowest BCUT2D eigenvalue weighted by Gasteiger charge is -2.29. The first-order chi connectivity index (χ1) is 14.6. The van der Waals surface area contributed by atoms with Crippen LogP contribution in [0.5, 0.6) is 0 Å². The van der Waals surface area contributed by atoms with Crippen molar-refractivity contribution in [1.29, 1.82) is 5.26 Å². The number of hydrogen-bond donors (Lipinski definition) is 1. The van der Waals surface area contributed by atoms with Crippen molar-refractivity contribution in [3.8, 4) is 17.2 Å². The van der Waals surface area contributed by atoms with E-state index >= 15 is 0 Å². The van der Waals surface area contributed by atoms with Crippen LogP contribution in [0, 0.1) is 17.1 Å². The highest BCUT2D eigenvalue weighted by atomic mass is 19.1. The molecule has 0 bridgehead atoms. The number of benzene rings is 2. The molecule has 2 heterocycles. The SMILES string of the molecule is N#Cc1c(-c2ccccc2F)c2c([nH]c1=O)CN(C(=O)OCc1ccccc1)CC2. The van der Waals surface area contributed by atoms with Gasteiger partial charge in [0, 0.05) is 23.4 Å². The van der Waals surface area contributed by atoms with Gasteiger partial charge in [-0.3, -0.25) is 4.79 Å². The molecular weight excluding hydrogens is 385 g/mol. The lowest BCUT2D eigenvalue weighted by atomic mass is 9.90. The third-order valence-corrected chi connectivity index (χ3v) is 5.11. The van der Waals surface area contributed by atoms with Crippen molar-refractivity contribution in [2.75, 3.05) is 6.54 Å². The van der Waals surface area contributed by atoms with Gasteiger partial charge in [0.05, 0.1) is 6.54 Å². The molecule has 6 nitrogen and oxygen atoms in total. The van der Waals surface area contributed by atoms with Crippen LogP contribution in [0.2, 0.25) is 0 Å². The molecule has 0 unspecified atom stereocenters. The van der Waals surface area contributed by atoms with Crippen molar-refractivity contribution in [3.05, 3.63) is 93.2 Å². The molecule has 30 heavy (non-hydrogen) atoms. The second-order valence-corrected chi connectivity index (χ2v) is 6.96. The van der Waals surface area contributed by atoms with E-state index in [4.69, 9.17) is 4.74 Å². The number of aromatic amines is 1. The van der Waals surface area contributed by atoms with Crippen molar-refractivity contribution in [3.63, 3.8) is 0 Å². The molecule has 0 radical (unpaired) electrons. The summed E-state index contributed by atoms with van der Waals surface area (Å²) in [4.78, 5) is 29.1. The number of ether oxygens (including phenoxy) is 1. The van der Waals surface area contributed by atoms with Crippen LogP contribution in [-0.4, -0.2) is 22.5 Å². The number of carbonyl (C=O) groups is 1. The second-order valence-electron chi connectivity index (χ2n) is 6.96. The number of rotatable bonds is 3. The predicted molar refractivity (Wildman–Crippen MR) is 108 cm³/mol. The Kier molecular flexibility index (Phi) is 5.31. The molecule has 0 atom stereocenters. The summed E-state index contributed by atoms with van der Waals surface area (Å²) in [7, 11) is 0. The fourth-order valence-electron chi connectivity index (χ4n) is 3.65. The third-order valence-electron chi connectivity index (χ3n) is 5.11. The average molecular weight is 403 g/mol. The summed E-state index contributed by atoms with van der Waals surface area (Å²) in [6.07, 6.45) is -0.132. The summed E-state index contributed by atoms with van der Waals surface area (Å²) in [6, 6.07) is 17.3. The molecule has 4 rings (SSSR count). The van der Waals surface area contributed by atoms with Gasteiger partial charge in [0.2, 0.25) is 0 Å². The van der Waals surface area contributed by atoms with Gasteiger partial charge in [0.25, 0.3) is 5.56 Å². The molecule has 2 aromatic carbocycles. The smallest absolute Gasteiger partial charge is 0.410 e. The van der Waals surface area contributed by atoms with Gasteiger partial charge in [-0.05, 0) is 23.6 Å². The van der Waals surface area contributed by atoms with Gasteiger partial charge in [-0.1, -0.05) is 48.5 Å². The van der Waals surface area contributed by atoms with Gasteiger partial charge in [-0.2, -0.15) is 5.26 Å². The first kappa shape index (κ1) is 19.4. The molecule has 1 aromatic heterocycles. The van der Waals surface area contributed by atoms with E-state index in [1.165, 1.54) is 11.0 Å². The van der Waals surface area contributed by atoms with Gasteiger partial charge < -0.3 is 14.6 Å². The molecular formula is C23H18FN3O3. The molecule has 1 aliphatic heterocycles. The molecule has 1 N–H and O–H groups in total. The minimum absolute atomic E-state index is 0.116. The standard InChI is InChI=1S/C23H18FN3O3/c24-19-9-5-4-8-16(19)21-17-10-11-27(13-20(17)26-22(28)18(21)12-25)23(29)30-14-15-6-2-1-3-7-15/h1-9H,10-11,13-14H2,(H,26,28). The lowest BCUT2D eigenvalue weighted by molar-refractivity contribution is 0.0912. The number of carbonyl (C=O) groups excluding carboxylic acids is 1. The number of amides is 1. The highest BCUT2D eigenvalue weighted by molar-refractivity contribution is 5.76. The Bertz CT molecular complexity index is 1200. The summed E-state index contributed by atoms with van der Waals surface area (Å²) in [6.45, 7) is 0.595. The summed E-state index contributed by atoms with van der Waals surface area (Å²) in [5.74, 6) is -0.508. The van der Waals surface area contributed by atoms with E-state index in [0.717, 1.165) is 5.56 Å². The monoisotopic (exact) mass is 403 g/mol. The summed E-state index contributed by atoms with van der Waals surface area (Å²) in [5, 5.41) is 9.49. The zero-order chi connectivity index (χ0) is 21.1. The molecule has 0 saturated carbocycles. The number of pyridine rings is 1. The predicted octanol–water partition coefficient (Wildman–Crippen LogP) is 3.75. The van der Waals surface area contributed by atoms with Crippen molar-refractivity contribution in [1.82, 2.24) is 9.88 Å². The first-order valence-corrected chi connectivity index (χ1v) is 9.47. The molecule has 0 fully saturated rings. The Hall–Kier alpha value is -3.92. The Morgan fingerprint density at radius 1 is 1.17 bits per heavy atom. The Balaban J connectivity index is 1.63. The van der Waals surface area contributed by atoms with Gasteiger partial charge in [-0.25, -0.2) is 9.18 Å². The zero-order valence-electron chi connectivity index (χ0n) is 16.0. The molecule has 1 amide bonds. The van der Waals surface area contributed by atoms with Crippen LogP contribution in [-0.2, 0) is 24.3 Å². The van der Waals surface area contributed by atoms with Crippen LogP contribution in [0.15, 0.2) is 59.4 Å². The molecule has 0 saturated heterocycles. The minimum atomic E-state index is -0.603. The molecule has 0 aliphatic carbocycles. The molecule has 3 aromatic rings. The first-order valence-electron chi connectivity index (χ1n) is 9.47. The molecule has 1 aliphatic rings. The number of nitriles is 1. The number of nitrogens with zero attached hydrogens (tertiary/aromatic N) is 2. The molecule has 150 valence electrons. The average Bonchev–Trinajstić information content (AvgIpc) is 2.77. The van der Waals surface area contributed by atoms with E-state index in [0.29, 0.717) is 29.8 Å². The normalized spacial score (nSPS) is 12.7. The number of H-pyrrole nitrogens is 1. The van der Waals surface area contributed by atoms with Crippen LogP contribution in [0.4, 0.5) is 9.18 Å². The molecule has 7 heteroatoms. The summed E-state index contributed by atoms with van der Waals surface area (Å²) in [5.41, 5.74) is 1.80. The lowest BCUT2D eigenvalue weighted by Crippen LogP contribution is -2.38. The highest BCUT2D eigenvalue weighted by Crippen LogP contribution is 2.32. The van der Waals surface area contributed by atoms with E-state index < -0.39 is 17.5 Å². The highest BCUT2D eigenvalue weighted by Gasteiger charge is 2.28. The van der Waals surface area contributed by atoms with Crippen LogP contribution in [0.3, 0.4) is 0 Å². The quantitative estimate of drug-likeness (QED) is 0.722. The van der Waals surface area contributed by atoms with Crippen molar-refractivity contribution in [2.45, 2.75) is 19.6 Å². The van der Waals surface area contributed by atoms with Crippen LogP contribution >= 0.6 is 0 Å². The largest absolute Gasteiger partial charge is 0.445 e. The maximum atomic E-state index is 14.5. The van der Waals surface area contributed by atoms with E-state index in [2.05, 4.69) is 4.98 Å². The summed E-state index contributed by atoms with van der Waals surface area (Å²) < 4.78 is 19.8. The van der Waals surface area contributed by atoms with Crippen molar-refractivity contribution in [2.24, 2.45) is 0 Å². The Morgan fingerprint density at radius 2 is 1.90 bits per heavy atom. The van der Waals surface area contributed by atoms with Gasteiger partial charge in [0.15, 0.2) is 0 Å².